The minimum absolute atomic E-state index is 0.0727. The molecule has 4 heterocycles. The number of nitrogens with zero attached hydrogens (tertiary/aromatic N) is 4. The number of ether oxygens (including phenoxy) is 1. The van der Waals surface area contributed by atoms with E-state index in [1.165, 1.54) is 25.5 Å². The van der Waals surface area contributed by atoms with E-state index in [4.69, 9.17) is 4.74 Å². The van der Waals surface area contributed by atoms with E-state index in [-0.39, 0.29) is 12.0 Å². The van der Waals surface area contributed by atoms with Crippen LogP contribution in [0.25, 0.3) is 16.7 Å². The molecule has 0 spiro atoms. The monoisotopic (exact) mass is 496 g/mol. The number of hydrogen-bond donors (Lipinski definition) is 0. The Balaban J connectivity index is 1.17. The molecule has 3 aromatic rings. The maximum Gasteiger partial charge on any atom is 0.236 e. The summed E-state index contributed by atoms with van der Waals surface area (Å²) in [5.74, 6) is 1.68. The van der Waals surface area contributed by atoms with Gasteiger partial charge >= 0.3 is 0 Å². The lowest BCUT2D eigenvalue weighted by Crippen LogP contribution is -2.46. The molecular weight excluding hydrogens is 464 g/mol. The first-order valence-corrected chi connectivity index (χ1v) is 14.2. The maximum absolute atomic E-state index is 12.6. The molecule has 0 bridgehead atoms. The second-order valence-corrected chi connectivity index (χ2v) is 11.6. The van der Waals surface area contributed by atoms with Gasteiger partial charge in [0.1, 0.15) is 17.7 Å². The number of amides is 1. The molecule has 9 heteroatoms. The van der Waals surface area contributed by atoms with E-state index in [1.54, 1.807) is 24.4 Å². The zero-order chi connectivity index (χ0) is 24.4. The van der Waals surface area contributed by atoms with Gasteiger partial charge in [-0.1, -0.05) is 6.42 Å². The molecule has 8 nitrogen and oxygen atoms in total. The van der Waals surface area contributed by atoms with Gasteiger partial charge in [-0.05, 0) is 62.3 Å². The first-order valence-electron chi connectivity index (χ1n) is 12.3. The van der Waals surface area contributed by atoms with Crippen LogP contribution in [0.15, 0.2) is 53.7 Å². The normalized spacial score (nSPS) is 18.1. The summed E-state index contributed by atoms with van der Waals surface area (Å²) in [5, 5.41) is 0.844. The Bertz CT molecular complexity index is 1290. The van der Waals surface area contributed by atoms with Gasteiger partial charge in [-0.2, -0.15) is 0 Å². The number of sulfone groups is 1. The van der Waals surface area contributed by atoms with E-state index in [0.29, 0.717) is 17.2 Å². The highest BCUT2D eigenvalue weighted by Gasteiger charge is 2.25. The third kappa shape index (κ3) is 5.51. The highest BCUT2D eigenvalue weighted by molar-refractivity contribution is 7.90. The second-order valence-electron chi connectivity index (χ2n) is 9.57. The number of carbonyl (C=O) groups is 1. The molecule has 35 heavy (non-hydrogen) atoms. The molecule has 0 aliphatic carbocycles. The molecule has 0 N–H and O–H groups in total. The minimum atomic E-state index is -3.25. The molecular formula is C26H32N4O4S. The molecule has 1 amide bonds. The van der Waals surface area contributed by atoms with E-state index >= 15 is 0 Å². The van der Waals surface area contributed by atoms with Crippen molar-refractivity contribution >= 4 is 26.6 Å². The maximum atomic E-state index is 12.6. The van der Waals surface area contributed by atoms with Crippen LogP contribution in [0.2, 0.25) is 0 Å². The van der Waals surface area contributed by atoms with Crippen LogP contribution >= 0.6 is 0 Å². The van der Waals surface area contributed by atoms with Gasteiger partial charge < -0.3 is 14.2 Å². The van der Waals surface area contributed by atoms with Crippen molar-refractivity contribution < 1.29 is 17.9 Å². The molecule has 2 aliphatic rings. The quantitative estimate of drug-likeness (QED) is 0.521. The van der Waals surface area contributed by atoms with Crippen LogP contribution in [0.4, 0.5) is 0 Å². The van der Waals surface area contributed by atoms with Gasteiger partial charge in [0.15, 0.2) is 9.84 Å². The number of rotatable bonds is 6. The van der Waals surface area contributed by atoms with E-state index in [1.807, 2.05) is 33.9 Å². The molecule has 2 saturated heterocycles. The fourth-order valence-electron chi connectivity index (χ4n) is 4.96. The lowest BCUT2D eigenvalue weighted by Gasteiger charge is -2.34. The number of pyridine rings is 1. The van der Waals surface area contributed by atoms with Crippen LogP contribution in [0.5, 0.6) is 5.75 Å². The Kier molecular flexibility index (Phi) is 6.80. The molecule has 0 atom stereocenters. The second kappa shape index (κ2) is 9.99. The van der Waals surface area contributed by atoms with Crippen molar-refractivity contribution in [1.29, 1.82) is 0 Å². The Hall–Kier alpha value is -2.91. The summed E-state index contributed by atoms with van der Waals surface area (Å²) >= 11 is 0. The highest BCUT2D eigenvalue weighted by atomic mass is 32.2. The molecule has 1 aromatic carbocycles. The SMILES string of the molecule is CS(=O)(=O)c1ccc2c(ccn2-c2ccc(OC3CCN(C(=O)CN4CCCCC4)CC3)cn2)c1. The summed E-state index contributed by atoms with van der Waals surface area (Å²) in [6.45, 7) is 4.07. The van der Waals surface area contributed by atoms with Gasteiger partial charge in [0.05, 0.1) is 23.2 Å². The molecule has 186 valence electrons. The summed E-state index contributed by atoms with van der Waals surface area (Å²) in [5.41, 5.74) is 0.889. The van der Waals surface area contributed by atoms with Gasteiger partial charge in [-0.25, -0.2) is 13.4 Å². The van der Waals surface area contributed by atoms with E-state index < -0.39 is 9.84 Å². The Morgan fingerprint density at radius 2 is 1.80 bits per heavy atom. The number of piperidine rings is 2. The largest absolute Gasteiger partial charge is 0.489 e. The lowest BCUT2D eigenvalue weighted by atomic mass is 10.1. The highest BCUT2D eigenvalue weighted by Crippen LogP contribution is 2.25. The van der Waals surface area contributed by atoms with Gasteiger partial charge in [0, 0.05) is 43.8 Å². The van der Waals surface area contributed by atoms with Crippen molar-refractivity contribution in [3.8, 4) is 11.6 Å². The minimum Gasteiger partial charge on any atom is -0.489 e. The number of carbonyl (C=O) groups excluding carboxylic acids is 1. The smallest absolute Gasteiger partial charge is 0.236 e. The summed E-state index contributed by atoms with van der Waals surface area (Å²) < 4.78 is 31.8. The molecule has 2 aliphatic heterocycles. The number of likely N-dealkylation sites (tertiary alicyclic amines) is 2. The Labute approximate surface area is 206 Å². The lowest BCUT2D eigenvalue weighted by molar-refractivity contribution is -0.134. The number of hydrogen-bond acceptors (Lipinski definition) is 6. The number of aromatic nitrogens is 2. The Morgan fingerprint density at radius 1 is 1.03 bits per heavy atom. The zero-order valence-corrected chi connectivity index (χ0v) is 20.9. The van der Waals surface area contributed by atoms with Gasteiger partial charge in [-0.3, -0.25) is 9.69 Å². The van der Waals surface area contributed by atoms with Gasteiger partial charge in [-0.15, -0.1) is 0 Å². The van der Waals surface area contributed by atoms with Crippen molar-refractivity contribution in [1.82, 2.24) is 19.4 Å². The summed E-state index contributed by atoms with van der Waals surface area (Å²) in [6.07, 6.45) is 10.2. The Morgan fingerprint density at radius 3 is 2.49 bits per heavy atom. The predicted molar refractivity (Wildman–Crippen MR) is 135 cm³/mol. The van der Waals surface area contributed by atoms with E-state index in [9.17, 15) is 13.2 Å². The molecule has 0 unspecified atom stereocenters. The van der Waals surface area contributed by atoms with Crippen molar-refractivity contribution in [3.05, 3.63) is 48.8 Å². The van der Waals surface area contributed by atoms with Crippen LogP contribution in [-0.2, 0) is 14.6 Å². The predicted octanol–water partition coefficient (Wildman–Crippen LogP) is 3.28. The third-order valence-electron chi connectivity index (χ3n) is 6.96. The van der Waals surface area contributed by atoms with Crippen LogP contribution in [-0.4, -0.2) is 78.8 Å². The average molecular weight is 497 g/mol. The van der Waals surface area contributed by atoms with Crippen LogP contribution in [0.1, 0.15) is 32.1 Å². The first kappa shape index (κ1) is 23.8. The summed E-state index contributed by atoms with van der Waals surface area (Å²) in [6, 6.07) is 10.8. The molecule has 2 fully saturated rings. The average Bonchev–Trinajstić information content (AvgIpc) is 3.28. The zero-order valence-electron chi connectivity index (χ0n) is 20.1. The van der Waals surface area contributed by atoms with Crippen LogP contribution < -0.4 is 4.74 Å². The van der Waals surface area contributed by atoms with E-state index in [2.05, 4.69) is 9.88 Å². The molecule has 0 radical (unpaired) electrons. The summed E-state index contributed by atoms with van der Waals surface area (Å²) in [4.78, 5) is 21.8. The van der Waals surface area contributed by atoms with Crippen molar-refractivity contribution in [2.24, 2.45) is 0 Å². The van der Waals surface area contributed by atoms with E-state index in [0.717, 1.165) is 55.7 Å². The first-order chi connectivity index (χ1) is 16.9. The van der Waals surface area contributed by atoms with Gasteiger partial charge in [0.2, 0.25) is 5.91 Å². The molecule has 2 aromatic heterocycles. The fourth-order valence-corrected chi connectivity index (χ4v) is 5.62. The number of fused-ring (bicyclic) bond motifs is 1. The van der Waals surface area contributed by atoms with Crippen LogP contribution in [0.3, 0.4) is 0 Å². The topological polar surface area (TPSA) is 84.7 Å². The van der Waals surface area contributed by atoms with Crippen LogP contribution in [0, 0.1) is 0 Å². The molecule has 5 rings (SSSR count). The third-order valence-corrected chi connectivity index (χ3v) is 8.07. The fraction of sp³-hybridized carbons (Fsp3) is 0.462. The summed E-state index contributed by atoms with van der Waals surface area (Å²) in [7, 11) is -3.25. The molecule has 0 saturated carbocycles. The standard InChI is InChI=1S/C26H32N4O4S/c1-35(32,33)23-6-7-24-20(17-23)9-16-30(24)25-8-5-22(18-27-25)34-21-10-14-29(15-11-21)26(31)19-28-12-3-2-4-13-28/h5-9,16-18,21H,2-4,10-15,19H2,1H3. The van der Waals surface area contributed by atoms with Crippen molar-refractivity contribution in [3.63, 3.8) is 0 Å². The van der Waals surface area contributed by atoms with Gasteiger partial charge in [0.25, 0.3) is 0 Å². The van der Waals surface area contributed by atoms with Crippen molar-refractivity contribution in [2.45, 2.75) is 43.1 Å². The van der Waals surface area contributed by atoms with Crippen molar-refractivity contribution in [2.75, 3.05) is 39.0 Å². The number of benzene rings is 1.